The summed E-state index contributed by atoms with van der Waals surface area (Å²) in [5.74, 6) is 0.362. The lowest BCUT2D eigenvalue weighted by Crippen LogP contribution is -2.32. The van der Waals surface area contributed by atoms with Gasteiger partial charge in [-0.3, -0.25) is 4.79 Å². The third-order valence-corrected chi connectivity index (χ3v) is 5.46. The number of amides is 1. The molecule has 0 saturated carbocycles. The Bertz CT molecular complexity index is 721. The van der Waals surface area contributed by atoms with Crippen molar-refractivity contribution in [1.29, 1.82) is 0 Å². The van der Waals surface area contributed by atoms with Gasteiger partial charge in [0, 0.05) is 13.0 Å². The van der Waals surface area contributed by atoms with Crippen molar-refractivity contribution in [1.82, 2.24) is 5.32 Å². The Morgan fingerprint density at radius 3 is 2.39 bits per heavy atom. The van der Waals surface area contributed by atoms with E-state index in [9.17, 15) is 13.2 Å². The molecular formula is C17H21NO4S. The van der Waals surface area contributed by atoms with Gasteiger partial charge in [0.15, 0.2) is 9.84 Å². The lowest BCUT2D eigenvalue weighted by molar-refractivity contribution is -0.121. The molecule has 1 aromatic heterocycles. The summed E-state index contributed by atoms with van der Waals surface area (Å²) in [6.07, 6.45) is 1.79. The van der Waals surface area contributed by atoms with E-state index in [4.69, 9.17) is 4.42 Å². The van der Waals surface area contributed by atoms with Crippen LogP contribution in [0.4, 0.5) is 0 Å². The molecule has 1 unspecified atom stereocenters. The summed E-state index contributed by atoms with van der Waals surface area (Å²) in [5.41, 5.74) is 0. The quantitative estimate of drug-likeness (QED) is 0.844. The van der Waals surface area contributed by atoms with Gasteiger partial charge in [-0.2, -0.15) is 0 Å². The number of rotatable bonds is 7. The first kappa shape index (κ1) is 17.3. The first-order valence-electron chi connectivity index (χ1n) is 7.50. The fraction of sp³-hybridized carbons (Fsp3) is 0.353. The highest BCUT2D eigenvalue weighted by atomic mass is 32.2. The molecule has 2 aromatic rings. The molecule has 6 heteroatoms. The van der Waals surface area contributed by atoms with Crippen molar-refractivity contribution >= 4 is 15.7 Å². The van der Waals surface area contributed by atoms with Crippen LogP contribution in [0.5, 0.6) is 0 Å². The van der Waals surface area contributed by atoms with E-state index in [1.54, 1.807) is 42.5 Å². The maximum Gasteiger partial charge on any atom is 0.220 e. The van der Waals surface area contributed by atoms with Crippen molar-refractivity contribution < 1.29 is 17.6 Å². The zero-order chi connectivity index (χ0) is 16.9. The molecule has 0 aliphatic carbocycles. The molecule has 0 spiro atoms. The van der Waals surface area contributed by atoms with Crippen LogP contribution in [0.15, 0.2) is 58.0 Å². The number of carbonyl (C=O) groups excluding carboxylic acids is 1. The first-order valence-corrected chi connectivity index (χ1v) is 9.05. The van der Waals surface area contributed by atoms with Crippen molar-refractivity contribution in [3.05, 3.63) is 54.5 Å². The number of sulfone groups is 1. The van der Waals surface area contributed by atoms with Gasteiger partial charge in [0.2, 0.25) is 5.91 Å². The summed E-state index contributed by atoms with van der Waals surface area (Å²) in [5, 5.41) is 1.75. The van der Waals surface area contributed by atoms with Crippen molar-refractivity contribution in [3.63, 3.8) is 0 Å². The van der Waals surface area contributed by atoms with E-state index in [-0.39, 0.29) is 23.3 Å². The van der Waals surface area contributed by atoms with Gasteiger partial charge in [-0.25, -0.2) is 8.42 Å². The average molecular weight is 335 g/mol. The number of hydrogen-bond acceptors (Lipinski definition) is 4. The SMILES string of the molecule is CC(C)CC(=O)NCC(c1ccco1)S(=O)(=O)c1ccccc1. The Labute approximate surface area is 136 Å². The number of carbonyl (C=O) groups is 1. The molecule has 0 radical (unpaired) electrons. The van der Waals surface area contributed by atoms with Gasteiger partial charge in [-0.1, -0.05) is 32.0 Å². The van der Waals surface area contributed by atoms with E-state index < -0.39 is 15.1 Å². The lowest BCUT2D eigenvalue weighted by Gasteiger charge is -2.17. The zero-order valence-electron chi connectivity index (χ0n) is 13.2. The molecule has 0 bridgehead atoms. The summed E-state index contributed by atoms with van der Waals surface area (Å²) in [7, 11) is -3.66. The maximum atomic E-state index is 12.9. The van der Waals surface area contributed by atoms with Crippen molar-refractivity contribution in [2.24, 2.45) is 5.92 Å². The van der Waals surface area contributed by atoms with Gasteiger partial charge in [-0.15, -0.1) is 0 Å². The predicted octanol–water partition coefficient (Wildman–Crippen LogP) is 2.96. The molecule has 2 rings (SSSR count). The second kappa shape index (κ2) is 7.46. The third-order valence-electron chi connectivity index (χ3n) is 3.39. The number of benzene rings is 1. The van der Waals surface area contributed by atoms with Crippen LogP contribution < -0.4 is 5.32 Å². The van der Waals surface area contributed by atoms with Crippen LogP contribution in [-0.4, -0.2) is 20.9 Å². The smallest absolute Gasteiger partial charge is 0.220 e. The minimum Gasteiger partial charge on any atom is -0.468 e. The second-order valence-electron chi connectivity index (χ2n) is 5.76. The topological polar surface area (TPSA) is 76.4 Å². The summed E-state index contributed by atoms with van der Waals surface area (Å²) >= 11 is 0. The number of hydrogen-bond donors (Lipinski definition) is 1. The lowest BCUT2D eigenvalue weighted by atomic mass is 10.1. The molecule has 0 aliphatic heterocycles. The van der Waals surface area contributed by atoms with Gasteiger partial charge in [-0.05, 0) is 30.2 Å². The van der Waals surface area contributed by atoms with Gasteiger partial charge >= 0.3 is 0 Å². The third kappa shape index (κ3) is 4.45. The van der Waals surface area contributed by atoms with Gasteiger partial charge in [0.25, 0.3) is 0 Å². The van der Waals surface area contributed by atoms with Crippen molar-refractivity contribution in [3.8, 4) is 0 Å². The Kier molecular flexibility index (Phi) is 5.60. The van der Waals surface area contributed by atoms with Crippen LogP contribution in [0.1, 0.15) is 31.3 Å². The Morgan fingerprint density at radius 2 is 1.83 bits per heavy atom. The largest absolute Gasteiger partial charge is 0.468 e. The molecule has 23 heavy (non-hydrogen) atoms. The summed E-state index contributed by atoms with van der Waals surface area (Å²) in [6, 6.07) is 11.4. The normalized spacial score (nSPS) is 13.0. The standard InChI is InChI=1S/C17H21NO4S/c1-13(2)11-17(19)18-12-16(15-9-6-10-22-15)23(20,21)14-7-4-3-5-8-14/h3-10,13,16H,11-12H2,1-2H3,(H,18,19). The Morgan fingerprint density at radius 1 is 1.13 bits per heavy atom. The Balaban J connectivity index is 2.24. The summed E-state index contributed by atoms with van der Waals surface area (Å²) in [6.45, 7) is 3.85. The van der Waals surface area contributed by atoms with Gasteiger partial charge < -0.3 is 9.73 Å². The molecule has 1 amide bonds. The van der Waals surface area contributed by atoms with E-state index in [1.165, 1.54) is 6.26 Å². The monoisotopic (exact) mass is 335 g/mol. The van der Waals surface area contributed by atoms with Crippen LogP contribution in [-0.2, 0) is 14.6 Å². The molecular weight excluding hydrogens is 314 g/mol. The molecule has 1 atom stereocenters. The van der Waals surface area contributed by atoms with Gasteiger partial charge in [0.05, 0.1) is 11.2 Å². The van der Waals surface area contributed by atoms with Gasteiger partial charge in [0.1, 0.15) is 11.0 Å². The molecule has 0 fully saturated rings. The fourth-order valence-electron chi connectivity index (χ4n) is 2.26. The van der Waals surface area contributed by atoms with Crippen molar-refractivity contribution in [2.75, 3.05) is 6.54 Å². The highest BCUT2D eigenvalue weighted by Gasteiger charge is 2.31. The van der Waals surface area contributed by atoms with Crippen LogP contribution in [0.25, 0.3) is 0 Å². The molecule has 124 valence electrons. The number of nitrogens with one attached hydrogen (secondary N) is 1. The molecule has 1 aromatic carbocycles. The second-order valence-corrected chi connectivity index (χ2v) is 7.89. The first-order chi connectivity index (χ1) is 10.9. The highest BCUT2D eigenvalue weighted by Crippen LogP contribution is 2.28. The highest BCUT2D eigenvalue weighted by molar-refractivity contribution is 7.91. The zero-order valence-corrected chi connectivity index (χ0v) is 14.0. The molecule has 5 nitrogen and oxygen atoms in total. The molecule has 1 N–H and O–H groups in total. The van der Waals surface area contributed by atoms with E-state index in [0.717, 1.165) is 0 Å². The van der Waals surface area contributed by atoms with E-state index in [2.05, 4.69) is 5.32 Å². The molecule has 1 heterocycles. The molecule has 0 saturated heterocycles. The predicted molar refractivity (Wildman–Crippen MR) is 87.5 cm³/mol. The minimum atomic E-state index is -3.66. The maximum absolute atomic E-state index is 12.9. The fourth-order valence-corrected chi connectivity index (χ4v) is 3.87. The van der Waals surface area contributed by atoms with Crippen LogP contribution in [0, 0.1) is 5.92 Å². The van der Waals surface area contributed by atoms with Crippen molar-refractivity contribution in [2.45, 2.75) is 30.4 Å². The average Bonchev–Trinajstić information content (AvgIpc) is 3.01. The van der Waals surface area contributed by atoms with Crippen LogP contribution in [0.3, 0.4) is 0 Å². The van der Waals surface area contributed by atoms with Crippen LogP contribution >= 0.6 is 0 Å². The summed E-state index contributed by atoms with van der Waals surface area (Å²) < 4.78 is 31.0. The van der Waals surface area contributed by atoms with E-state index >= 15 is 0 Å². The number of furan rings is 1. The van der Waals surface area contributed by atoms with E-state index in [0.29, 0.717) is 12.2 Å². The summed E-state index contributed by atoms with van der Waals surface area (Å²) in [4.78, 5) is 12.1. The Hall–Kier alpha value is -2.08. The minimum absolute atomic E-state index is 0.0176. The van der Waals surface area contributed by atoms with Crippen LogP contribution in [0.2, 0.25) is 0 Å². The van der Waals surface area contributed by atoms with E-state index in [1.807, 2.05) is 13.8 Å². The molecule has 0 aliphatic rings.